The summed E-state index contributed by atoms with van der Waals surface area (Å²) in [4.78, 5) is 21.9. The molecule has 0 heterocycles. The summed E-state index contributed by atoms with van der Waals surface area (Å²) in [5, 5.41) is 11.4. The molecule has 0 spiro atoms. The Labute approximate surface area is 115 Å². The van der Waals surface area contributed by atoms with Gasteiger partial charge in [0.2, 0.25) is 5.91 Å². The average molecular weight is 270 g/mol. The topological polar surface area (TPSA) is 92.4 Å². The van der Waals surface area contributed by atoms with Crippen LogP contribution in [0.15, 0.2) is 12.2 Å². The number of rotatable bonds is 11. The Hall–Kier alpha value is -1.36. The molecule has 19 heavy (non-hydrogen) atoms. The fourth-order valence-corrected chi connectivity index (χ4v) is 1.64. The first-order valence-electron chi connectivity index (χ1n) is 6.94. The molecule has 0 aromatic carbocycles. The Morgan fingerprint density at radius 1 is 1.26 bits per heavy atom. The predicted molar refractivity (Wildman–Crippen MR) is 75.8 cm³/mol. The highest BCUT2D eigenvalue weighted by atomic mass is 16.4. The number of carboxylic acids is 1. The van der Waals surface area contributed by atoms with Gasteiger partial charge in [0.05, 0.1) is 0 Å². The Balaban J connectivity index is 3.36. The number of carboxylic acid groups (broad SMARTS) is 1. The monoisotopic (exact) mass is 270 g/mol. The Bertz CT molecular complexity index is 290. The summed E-state index contributed by atoms with van der Waals surface area (Å²) in [6, 6.07) is -0.790. The second-order valence-electron chi connectivity index (χ2n) is 4.61. The normalized spacial score (nSPS) is 12.5. The van der Waals surface area contributed by atoms with Crippen molar-refractivity contribution in [1.82, 2.24) is 5.32 Å². The zero-order valence-electron chi connectivity index (χ0n) is 11.7. The van der Waals surface area contributed by atoms with E-state index in [0.717, 1.165) is 32.1 Å². The molecule has 110 valence electrons. The van der Waals surface area contributed by atoms with Crippen LogP contribution in [-0.2, 0) is 9.59 Å². The van der Waals surface area contributed by atoms with Crippen molar-refractivity contribution in [2.75, 3.05) is 6.54 Å². The van der Waals surface area contributed by atoms with Crippen molar-refractivity contribution < 1.29 is 14.7 Å². The van der Waals surface area contributed by atoms with Gasteiger partial charge in [-0.25, -0.2) is 0 Å². The van der Waals surface area contributed by atoms with E-state index in [0.29, 0.717) is 19.4 Å². The number of allylic oxidation sites excluding steroid dienone is 2. The third-order valence-corrected chi connectivity index (χ3v) is 2.84. The van der Waals surface area contributed by atoms with E-state index in [1.54, 1.807) is 0 Å². The number of hydrogen-bond donors (Lipinski definition) is 3. The second kappa shape index (κ2) is 11.7. The number of carbonyl (C=O) groups is 2. The SMILES string of the molecule is C/C=C/CCCCC(=O)NCCCC[C@H](N)C(=O)O. The number of hydrogen-bond acceptors (Lipinski definition) is 3. The number of unbranched alkanes of at least 4 members (excludes halogenated alkanes) is 3. The molecule has 0 bridgehead atoms. The standard InChI is InChI=1S/C14H26N2O3/c1-2-3-4-5-6-10-13(17)16-11-8-7-9-12(15)14(18)19/h2-3,12H,4-11,15H2,1H3,(H,16,17)(H,18,19)/b3-2+/t12-/m0/s1. The third kappa shape index (κ3) is 11.5. The number of amides is 1. The summed E-state index contributed by atoms with van der Waals surface area (Å²) in [6.07, 6.45) is 9.58. The van der Waals surface area contributed by atoms with Crippen molar-refractivity contribution in [2.24, 2.45) is 5.73 Å². The number of carbonyl (C=O) groups excluding carboxylic acids is 1. The molecule has 1 amide bonds. The van der Waals surface area contributed by atoms with Gasteiger partial charge in [0, 0.05) is 13.0 Å². The van der Waals surface area contributed by atoms with E-state index in [2.05, 4.69) is 11.4 Å². The van der Waals surface area contributed by atoms with Gasteiger partial charge >= 0.3 is 5.97 Å². The van der Waals surface area contributed by atoms with Gasteiger partial charge in [-0.3, -0.25) is 9.59 Å². The van der Waals surface area contributed by atoms with Crippen LogP contribution in [0.4, 0.5) is 0 Å². The summed E-state index contributed by atoms with van der Waals surface area (Å²) in [6.45, 7) is 2.59. The highest BCUT2D eigenvalue weighted by Crippen LogP contribution is 2.01. The smallest absolute Gasteiger partial charge is 0.320 e. The first-order valence-corrected chi connectivity index (χ1v) is 6.94. The molecule has 0 aliphatic carbocycles. The van der Waals surface area contributed by atoms with E-state index in [1.807, 2.05) is 13.0 Å². The molecule has 0 saturated heterocycles. The van der Waals surface area contributed by atoms with Crippen molar-refractivity contribution in [2.45, 2.75) is 57.9 Å². The fraction of sp³-hybridized carbons (Fsp3) is 0.714. The lowest BCUT2D eigenvalue weighted by Crippen LogP contribution is -2.30. The zero-order valence-corrected chi connectivity index (χ0v) is 11.7. The molecule has 0 aromatic heterocycles. The highest BCUT2D eigenvalue weighted by molar-refractivity contribution is 5.75. The molecular formula is C14H26N2O3. The number of aliphatic carboxylic acids is 1. The van der Waals surface area contributed by atoms with Gasteiger partial charge in [0.15, 0.2) is 0 Å². The molecular weight excluding hydrogens is 244 g/mol. The highest BCUT2D eigenvalue weighted by Gasteiger charge is 2.10. The van der Waals surface area contributed by atoms with Crippen molar-refractivity contribution >= 4 is 11.9 Å². The van der Waals surface area contributed by atoms with E-state index in [-0.39, 0.29) is 5.91 Å². The van der Waals surface area contributed by atoms with E-state index in [4.69, 9.17) is 10.8 Å². The molecule has 0 aliphatic heterocycles. The summed E-state index contributed by atoms with van der Waals surface area (Å²) in [5.74, 6) is -0.895. The summed E-state index contributed by atoms with van der Waals surface area (Å²) in [5.41, 5.74) is 5.37. The molecule has 1 atom stereocenters. The van der Waals surface area contributed by atoms with Crippen molar-refractivity contribution in [1.29, 1.82) is 0 Å². The number of nitrogens with two attached hydrogens (primary N) is 1. The van der Waals surface area contributed by atoms with Crippen LogP contribution in [0.25, 0.3) is 0 Å². The maximum absolute atomic E-state index is 11.4. The summed E-state index contributed by atoms with van der Waals surface area (Å²) in [7, 11) is 0. The van der Waals surface area contributed by atoms with Crippen LogP contribution >= 0.6 is 0 Å². The van der Waals surface area contributed by atoms with Crippen LogP contribution in [0.1, 0.15) is 51.9 Å². The predicted octanol–water partition coefficient (Wildman–Crippen LogP) is 1.82. The van der Waals surface area contributed by atoms with E-state index < -0.39 is 12.0 Å². The van der Waals surface area contributed by atoms with Gasteiger partial charge in [-0.1, -0.05) is 12.2 Å². The molecule has 0 unspecified atom stereocenters. The van der Waals surface area contributed by atoms with Gasteiger partial charge in [0.25, 0.3) is 0 Å². The minimum Gasteiger partial charge on any atom is -0.480 e. The van der Waals surface area contributed by atoms with Crippen molar-refractivity contribution in [3.8, 4) is 0 Å². The van der Waals surface area contributed by atoms with Crippen molar-refractivity contribution in [3.63, 3.8) is 0 Å². The molecule has 4 N–H and O–H groups in total. The first kappa shape index (κ1) is 17.6. The van der Waals surface area contributed by atoms with E-state index in [9.17, 15) is 9.59 Å². The van der Waals surface area contributed by atoms with E-state index in [1.165, 1.54) is 0 Å². The minimum atomic E-state index is -0.967. The zero-order chi connectivity index (χ0) is 14.5. The molecule has 5 heteroatoms. The van der Waals surface area contributed by atoms with Crippen LogP contribution in [0.2, 0.25) is 0 Å². The van der Waals surface area contributed by atoms with Gasteiger partial charge < -0.3 is 16.2 Å². The maximum Gasteiger partial charge on any atom is 0.320 e. The molecule has 0 radical (unpaired) electrons. The van der Waals surface area contributed by atoms with Gasteiger partial charge in [-0.2, -0.15) is 0 Å². The molecule has 0 aliphatic rings. The Morgan fingerprint density at radius 3 is 2.63 bits per heavy atom. The quantitative estimate of drug-likeness (QED) is 0.394. The molecule has 5 nitrogen and oxygen atoms in total. The number of nitrogens with one attached hydrogen (secondary N) is 1. The van der Waals surface area contributed by atoms with Crippen LogP contribution in [0.5, 0.6) is 0 Å². The van der Waals surface area contributed by atoms with Crippen LogP contribution in [0.3, 0.4) is 0 Å². The lowest BCUT2D eigenvalue weighted by molar-refractivity contribution is -0.138. The lowest BCUT2D eigenvalue weighted by atomic mass is 10.1. The minimum absolute atomic E-state index is 0.0722. The van der Waals surface area contributed by atoms with E-state index >= 15 is 0 Å². The second-order valence-corrected chi connectivity index (χ2v) is 4.61. The lowest BCUT2D eigenvalue weighted by Gasteiger charge is -2.07. The summed E-state index contributed by atoms with van der Waals surface area (Å²) < 4.78 is 0. The molecule has 0 fully saturated rings. The van der Waals surface area contributed by atoms with Gasteiger partial charge in [0.1, 0.15) is 6.04 Å². The molecule has 0 aromatic rings. The first-order chi connectivity index (χ1) is 9.07. The van der Waals surface area contributed by atoms with Gasteiger partial charge in [-0.15, -0.1) is 0 Å². The largest absolute Gasteiger partial charge is 0.480 e. The van der Waals surface area contributed by atoms with Crippen LogP contribution in [-0.4, -0.2) is 29.6 Å². The fourth-order valence-electron chi connectivity index (χ4n) is 1.64. The maximum atomic E-state index is 11.4. The average Bonchev–Trinajstić information content (AvgIpc) is 2.37. The van der Waals surface area contributed by atoms with Crippen LogP contribution < -0.4 is 11.1 Å². The molecule has 0 saturated carbocycles. The third-order valence-electron chi connectivity index (χ3n) is 2.84. The Kier molecular flexibility index (Phi) is 10.9. The van der Waals surface area contributed by atoms with Crippen LogP contribution in [0, 0.1) is 0 Å². The summed E-state index contributed by atoms with van der Waals surface area (Å²) >= 11 is 0. The van der Waals surface area contributed by atoms with Gasteiger partial charge in [-0.05, 0) is 45.4 Å². The van der Waals surface area contributed by atoms with Crippen molar-refractivity contribution in [3.05, 3.63) is 12.2 Å². The molecule has 0 rings (SSSR count). The Morgan fingerprint density at radius 2 is 2.00 bits per heavy atom.